The lowest BCUT2D eigenvalue weighted by molar-refractivity contribution is 0.288. The topological polar surface area (TPSA) is 66.4 Å². The van der Waals surface area contributed by atoms with Gasteiger partial charge in [-0.25, -0.2) is 13.1 Å². The van der Waals surface area contributed by atoms with E-state index in [1.807, 2.05) is 12.1 Å². The maximum absolute atomic E-state index is 12.3. The van der Waals surface area contributed by atoms with Crippen molar-refractivity contribution in [2.45, 2.75) is 43.9 Å². The molecule has 21 heavy (non-hydrogen) atoms. The third-order valence-corrected chi connectivity index (χ3v) is 5.87. The minimum Gasteiger partial charge on any atom is -0.396 e. The number of rotatable bonds is 7. The largest absolute Gasteiger partial charge is 0.396 e. The molecule has 2 N–H and O–H groups in total. The molecule has 1 aromatic rings. The van der Waals surface area contributed by atoms with Crippen LogP contribution >= 0.6 is 0 Å². The fourth-order valence-corrected chi connectivity index (χ4v) is 4.04. The average Bonchev–Trinajstić information content (AvgIpc) is 2.89. The summed E-state index contributed by atoms with van der Waals surface area (Å²) in [5.74, 6) is 1.07. The van der Waals surface area contributed by atoms with Crippen LogP contribution in [0.3, 0.4) is 0 Å². The zero-order valence-electron chi connectivity index (χ0n) is 12.6. The Morgan fingerprint density at radius 3 is 2.52 bits per heavy atom. The number of nitrogens with one attached hydrogen (secondary N) is 1. The van der Waals surface area contributed by atoms with Crippen molar-refractivity contribution in [3.63, 3.8) is 0 Å². The third-order valence-electron chi connectivity index (χ3n) is 4.43. The monoisotopic (exact) mass is 311 g/mol. The van der Waals surface area contributed by atoms with Crippen LogP contribution < -0.4 is 4.72 Å². The molecule has 2 rings (SSSR count). The van der Waals surface area contributed by atoms with Crippen molar-refractivity contribution in [3.8, 4) is 0 Å². The molecule has 118 valence electrons. The van der Waals surface area contributed by atoms with Crippen LogP contribution in [-0.2, 0) is 16.4 Å². The normalized spacial score (nSPS) is 22.6. The van der Waals surface area contributed by atoms with Crippen LogP contribution in [0.15, 0.2) is 29.2 Å². The predicted octanol–water partition coefficient (Wildman–Crippen LogP) is 2.33. The SMILES string of the molecule is CC1CCCC1CNS(=O)(=O)c1ccc(CCCO)cc1. The minimum atomic E-state index is -3.41. The zero-order valence-corrected chi connectivity index (χ0v) is 13.4. The third kappa shape index (κ3) is 4.53. The number of aliphatic hydroxyl groups excluding tert-OH is 1. The first kappa shape index (κ1) is 16.5. The summed E-state index contributed by atoms with van der Waals surface area (Å²) in [5.41, 5.74) is 1.05. The van der Waals surface area contributed by atoms with E-state index in [-0.39, 0.29) is 6.61 Å². The van der Waals surface area contributed by atoms with E-state index in [9.17, 15) is 8.42 Å². The maximum Gasteiger partial charge on any atom is 0.240 e. The highest BCUT2D eigenvalue weighted by molar-refractivity contribution is 7.89. The minimum absolute atomic E-state index is 0.154. The van der Waals surface area contributed by atoms with Crippen molar-refractivity contribution in [2.24, 2.45) is 11.8 Å². The lowest BCUT2D eigenvalue weighted by Crippen LogP contribution is -2.30. The summed E-state index contributed by atoms with van der Waals surface area (Å²) in [6, 6.07) is 6.94. The molecule has 0 aromatic heterocycles. The second kappa shape index (κ2) is 7.38. The highest BCUT2D eigenvalue weighted by Gasteiger charge is 2.25. The summed E-state index contributed by atoms with van der Waals surface area (Å²) in [4.78, 5) is 0.320. The first-order valence-corrected chi connectivity index (χ1v) is 9.20. The Bertz CT molecular complexity index is 539. The van der Waals surface area contributed by atoms with E-state index >= 15 is 0 Å². The molecule has 1 fully saturated rings. The van der Waals surface area contributed by atoms with Crippen LogP contribution in [0.2, 0.25) is 0 Å². The fraction of sp³-hybridized carbons (Fsp3) is 0.625. The van der Waals surface area contributed by atoms with Gasteiger partial charge in [-0.2, -0.15) is 0 Å². The Balaban J connectivity index is 1.95. The summed E-state index contributed by atoms with van der Waals surface area (Å²) in [7, 11) is -3.41. The van der Waals surface area contributed by atoms with Gasteiger partial charge in [0.25, 0.3) is 0 Å². The molecule has 4 nitrogen and oxygen atoms in total. The van der Waals surface area contributed by atoms with Crippen LogP contribution in [0.25, 0.3) is 0 Å². The number of aliphatic hydroxyl groups is 1. The second-order valence-electron chi connectivity index (χ2n) is 5.99. The van der Waals surface area contributed by atoms with Crippen molar-refractivity contribution in [2.75, 3.05) is 13.2 Å². The van der Waals surface area contributed by atoms with Gasteiger partial charge >= 0.3 is 0 Å². The van der Waals surface area contributed by atoms with Gasteiger partial charge in [0.15, 0.2) is 0 Å². The molecular weight excluding hydrogens is 286 g/mol. The maximum atomic E-state index is 12.3. The van der Waals surface area contributed by atoms with Gasteiger partial charge < -0.3 is 5.11 Å². The molecule has 2 atom stereocenters. The van der Waals surface area contributed by atoms with E-state index in [1.165, 1.54) is 12.8 Å². The second-order valence-corrected chi connectivity index (χ2v) is 7.76. The van der Waals surface area contributed by atoms with Gasteiger partial charge in [0.05, 0.1) is 4.90 Å². The van der Waals surface area contributed by atoms with Crippen molar-refractivity contribution in [1.82, 2.24) is 4.72 Å². The molecule has 0 spiro atoms. The molecule has 0 heterocycles. The highest BCUT2D eigenvalue weighted by atomic mass is 32.2. The number of hydrogen-bond acceptors (Lipinski definition) is 3. The Morgan fingerprint density at radius 2 is 1.95 bits per heavy atom. The fourth-order valence-electron chi connectivity index (χ4n) is 2.94. The van der Waals surface area contributed by atoms with Gasteiger partial charge in [0.1, 0.15) is 0 Å². The predicted molar refractivity (Wildman–Crippen MR) is 83.5 cm³/mol. The molecule has 0 bridgehead atoms. The van der Waals surface area contributed by atoms with E-state index < -0.39 is 10.0 Å². The van der Waals surface area contributed by atoms with Gasteiger partial charge in [0, 0.05) is 13.2 Å². The van der Waals surface area contributed by atoms with E-state index in [4.69, 9.17) is 5.11 Å². The molecule has 5 heteroatoms. The van der Waals surface area contributed by atoms with E-state index in [0.717, 1.165) is 18.4 Å². The number of sulfonamides is 1. The van der Waals surface area contributed by atoms with Crippen molar-refractivity contribution < 1.29 is 13.5 Å². The first-order chi connectivity index (χ1) is 10.0. The molecule has 0 radical (unpaired) electrons. The van der Waals surface area contributed by atoms with Gasteiger partial charge in [-0.1, -0.05) is 31.9 Å². The molecular formula is C16H25NO3S. The van der Waals surface area contributed by atoms with Crippen molar-refractivity contribution in [1.29, 1.82) is 0 Å². The molecule has 0 aliphatic heterocycles. The van der Waals surface area contributed by atoms with E-state index in [0.29, 0.717) is 29.7 Å². The lowest BCUT2D eigenvalue weighted by Gasteiger charge is -2.16. The van der Waals surface area contributed by atoms with Crippen LogP contribution in [0.5, 0.6) is 0 Å². The summed E-state index contributed by atoms with van der Waals surface area (Å²) < 4.78 is 27.3. The molecule has 0 amide bonds. The number of hydrogen-bond donors (Lipinski definition) is 2. The summed E-state index contributed by atoms with van der Waals surface area (Å²) in [6.45, 7) is 2.89. The van der Waals surface area contributed by atoms with E-state index in [2.05, 4.69) is 11.6 Å². The molecule has 1 aliphatic carbocycles. The quantitative estimate of drug-likeness (QED) is 0.812. The Labute approximate surface area is 127 Å². The zero-order chi connectivity index (χ0) is 15.3. The smallest absolute Gasteiger partial charge is 0.240 e. The molecule has 1 saturated carbocycles. The van der Waals surface area contributed by atoms with Crippen molar-refractivity contribution >= 4 is 10.0 Å². The molecule has 2 unspecified atom stereocenters. The highest BCUT2D eigenvalue weighted by Crippen LogP contribution is 2.30. The first-order valence-electron chi connectivity index (χ1n) is 7.72. The average molecular weight is 311 g/mol. The molecule has 0 saturated heterocycles. The summed E-state index contributed by atoms with van der Waals surface area (Å²) in [6.07, 6.45) is 4.98. The standard InChI is InChI=1S/C16H25NO3S/c1-13-4-2-6-15(13)12-17-21(19,20)16-9-7-14(8-10-16)5-3-11-18/h7-10,13,15,17-18H,2-6,11-12H2,1H3. The number of aryl methyl sites for hydroxylation is 1. The molecule has 1 aliphatic rings. The van der Waals surface area contributed by atoms with Crippen LogP contribution in [0, 0.1) is 11.8 Å². The van der Waals surface area contributed by atoms with Gasteiger partial charge in [-0.05, 0) is 48.8 Å². The van der Waals surface area contributed by atoms with Gasteiger partial charge in [0.2, 0.25) is 10.0 Å². The summed E-state index contributed by atoms with van der Waals surface area (Å²) >= 11 is 0. The lowest BCUT2D eigenvalue weighted by atomic mass is 9.99. The number of benzene rings is 1. The van der Waals surface area contributed by atoms with Crippen LogP contribution in [-0.4, -0.2) is 26.7 Å². The van der Waals surface area contributed by atoms with Crippen LogP contribution in [0.1, 0.15) is 38.2 Å². The van der Waals surface area contributed by atoms with Crippen LogP contribution in [0.4, 0.5) is 0 Å². The van der Waals surface area contributed by atoms with E-state index in [1.54, 1.807) is 12.1 Å². The Hall–Kier alpha value is -0.910. The molecule has 1 aromatic carbocycles. The van der Waals surface area contributed by atoms with Crippen molar-refractivity contribution in [3.05, 3.63) is 29.8 Å². The van der Waals surface area contributed by atoms with Gasteiger partial charge in [-0.15, -0.1) is 0 Å². The Morgan fingerprint density at radius 1 is 1.24 bits per heavy atom. The van der Waals surface area contributed by atoms with Gasteiger partial charge in [-0.3, -0.25) is 0 Å². The summed E-state index contributed by atoms with van der Waals surface area (Å²) in [5, 5.41) is 8.80. The Kier molecular flexibility index (Phi) is 5.79.